The fraction of sp³-hybridized carbons (Fsp3) is 0.781. The summed E-state index contributed by atoms with van der Waals surface area (Å²) in [6.07, 6.45) is 18.0. The molecule has 3 unspecified atom stereocenters. The lowest BCUT2D eigenvalue weighted by atomic mass is 9.89. The molecule has 40 heavy (non-hydrogen) atoms. The molecule has 0 bridgehead atoms. The molecule has 6 nitrogen and oxygen atoms in total. The molecule has 0 amide bonds. The first-order chi connectivity index (χ1) is 19.3. The first-order valence-electron chi connectivity index (χ1n) is 15.9. The molecule has 8 heteroatoms. The first kappa shape index (κ1) is 37.2. The van der Waals surface area contributed by atoms with Crippen molar-refractivity contribution in [2.24, 2.45) is 0 Å². The molecule has 0 aliphatic carbocycles. The third-order valence-corrected chi connectivity index (χ3v) is 9.50. The fourth-order valence-electron chi connectivity index (χ4n) is 4.77. The van der Waals surface area contributed by atoms with Gasteiger partial charge < -0.3 is 4.89 Å². The number of hydrogen-bond acceptors (Lipinski definition) is 6. The molecular formula is C32H57O6PS. The first-order valence-corrected chi connectivity index (χ1v) is 18.6. The SMILES string of the molecule is CCCCCCCC(CCSCCCCCCCCC(C)OP(=O)(O)C(=O)OOCCC)c1cccc(CC)c1. The molecule has 0 aromatic heterocycles. The number of hydrogen-bond donors (Lipinski definition) is 1. The highest BCUT2D eigenvalue weighted by Crippen LogP contribution is 2.46. The summed E-state index contributed by atoms with van der Waals surface area (Å²) in [5, 5.41) is 0. The van der Waals surface area contributed by atoms with Gasteiger partial charge in [0.2, 0.25) is 0 Å². The second-order valence-electron chi connectivity index (χ2n) is 10.9. The average molecular weight is 601 g/mol. The second kappa shape index (κ2) is 23.7. The summed E-state index contributed by atoms with van der Waals surface area (Å²) >= 11 is 2.11. The fourth-order valence-corrected chi connectivity index (χ4v) is 6.66. The van der Waals surface area contributed by atoms with E-state index in [1.165, 1.54) is 86.8 Å². The zero-order valence-corrected chi connectivity index (χ0v) is 27.5. The van der Waals surface area contributed by atoms with Crippen molar-refractivity contribution in [2.75, 3.05) is 18.1 Å². The topological polar surface area (TPSA) is 82.1 Å². The van der Waals surface area contributed by atoms with E-state index >= 15 is 0 Å². The zero-order valence-electron chi connectivity index (χ0n) is 25.7. The molecule has 0 radical (unpaired) electrons. The van der Waals surface area contributed by atoms with Crippen LogP contribution in [0.3, 0.4) is 0 Å². The smallest absolute Gasteiger partial charge is 0.316 e. The summed E-state index contributed by atoms with van der Waals surface area (Å²) in [6.45, 7) is 8.24. The van der Waals surface area contributed by atoms with Crippen LogP contribution in [0.5, 0.6) is 0 Å². The van der Waals surface area contributed by atoms with Crippen molar-refractivity contribution < 1.29 is 28.6 Å². The Bertz CT molecular complexity index is 820. The van der Waals surface area contributed by atoms with Crippen molar-refractivity contribution >= 4 is 25.1 Å². The molecular weight excluding hydrogens is 543 g/mol. The monoisotopic (exact) mass is 600 g/mol. The highest BCUT2D eigenvalue weighted by molar-refractivity contribution is 7.99. The lowest BCUT2D eigenvalue weighted by Crippen LogP contribution is -2.13. The minimum atomic E-state index is -4.49. The normalized spacial score (nSPS) is 14.5. The number of carbonyl (C=O) groups is 1. The van der Waals surface area contributed by atoms with Gasteiger partial charge in [-0.25, -0.2) is 9.36 Å². The van der Waals surface area contributed by atoms with Crippen molar-refractivity contribution in [3.8, 4) is 0 Å². The summed E-state index contributed by atoms with van der Waals surface area (Å²) in [7, 11) is -4.49. The largest absolute Gasteiger partial charge is 0.452 e. The van der Waals surface area contributed by atoms with E-state index < -0.39 is 19.4 Å². The van der Waals surface area contributed by atoms with E-state index in [1.807, 2.05) is 6.92 Å². The van der Waals surface area contributed by atoms with Crippen LogP contribution in [-0.4, -0.2) is 34.8 Å². The lowest BCUT2D eigenvalue weighted by Gasteiger charge is -2.18. The third kappa shape index (κ3) is 17.9. The highest BCUT2D eigenvalue weighted by atomic mass is 32.2. The van der Waals surface area contributed by atoms with Crippen molar-refractivity contribution in [1.82, 2.24) is 0 Å². The number of aryl methyl sites for hydroxylation is 1. The Kier molecular flexibility index (Phi) is 22.0. The van der Waals surface area contributed by atoms with Crippen molar-refractivity contribution in [2.45, 2.75) is 142 Å². The van der Waals surface area contributed by atoms with E-state index in [1.54, 1.807) is 6.92 Å². The van der Waals surface area contributed by atoms with Crippen LogP contribution in [0.4, 0.5) is 4.79 Å². The predicted octanol–water partition coefficient (Wildman–Crippen LogP) is 10.6. The number of rotatable bonds is 26. The Labute approximate surface area is 249 Å². The summed E-state index contributed by atoms with van der Waals surface area (Å²) in [5.74, 6) is 3.15. The standard InChI is InChI=1S/C32H57O6PS/c1-5-8-9-12-16-21-30(31-22-18-20-29(7-3)27-31)23-26-40-25-17-14-11-10-13-15-19-28(4)38-39(34,35)32(33)37-36-24-6-2/h18,20,22,27-28,30H,5-17,19,21,23-26H2,1-4H3,(H,34,35). The molecule has 0 saturated carbocycles. The Morgan fingerprint density at radius 1 is 0.875 bits per heavy atom. The van der Waals surface area contributed by atoms with Crippen LogP contribution in [0.15, 0.2) is 24.3 Å². The van der Waals surface area contributed by atoms with E-state index in [4.69, 9.17) is 4.52 Å². The molecule has 0 aliphatic heterocycles. The Morgan fingerprint density at radius 3 is 2.25 bits per heavy atom. The summed E-state index contributed by atoms with van der Waals surface area (Å²) < 4.78 is 17.1. The van der Waals surface area contributed by atoms with Crippen molar-refractivity contribution in [3.05, 3.63) is 35.4 Å². The van der Waals surface area contributed by atoms with Gasteiger partial charge in [0.1, 0.15) is 0 Å². The molecule has 3 atom stereocenters. The molecule has 0 saturated heterocycles. The number of unbranched alkanes of at least 4 members (excludes halogenated alkanes) is 9. The van der Waals surface area contributed by atoms with Crippen LogP contribution >= 0.6 is 19.4 Å². The molecule has 0 aliphatic rings. The van der Waals surface area contributed by atoms with E-state index in [-0.39, 0.29) is 6.61 Å². The quantitative estimate of drug-likeness (QED) is 0.0490. The summed E-state index contributed by atoms with van der Waals surface area (Å²) in [5.41, 5.74) is 1.64. The number of benzene rings is 1. The van der Waals surface area contributed by atoms with Crippen molar-refractivity contribution in [1.29, 1.82) is 0 Å². The van der Waals surface area contributed by atoms with Gasteiger partial charge in [0, 0.05) is 0 Å². The minimum absolute atomic E-state index is 0.174. The van der Waals surface area contributed by atoms with Crippen LogP contribution in [0.1, 0.15) is 141 Å². The Hall–Kier alpha value is -0.850. The molecule has 1 rings (SSSR count). The Balaban J connectivity index is 2.16. The molecule has 0 spiro atoms. The second-order valence-corrected chi connectivity index (χ2v) is 13.8. The molecule has 1 N–H and O–H groups in total. The van der Waals surface area contributed by atoms with Crippen LogP contribution in [-0.2, 0) is 25.3 Å². The van der Waals surface area contributed by atoms with Gasteiger partial charge in [0.05, 0.1) is 12.7 Å². The van der Waals surface area contributed by atoms with Crippen molar-refractivity contribution in [3.63, 3.8) is 0 Å². The van der Waals surface area contributed by atoms with Gasteiger partial charge in [-0.05, 0) is 74.0 Å². The van der Waals surface area contributed by atoms with E-state index in [2.05, 4.69) is 59.6 Å². The van der Waals surface area contributed by atoms with Gasteiger partial charge in [-0.2, -0.15) is 16.6 Å². The van der Waals surface area contributed by atoms with Crippen LogP contribution in [0.2, 0.25) is 0 Å². The van der Waals surface area contributed by atoms with Gasteiger partial charge in [-0.3, -0.25) is 9.41 Å². The van der Waals surface area contributed by atoms with Gasteiger partial charge in [-0.15, -0.1) is 0 Å². The van der Waals surface area contributed by atoms with Crippen LogP contribution in [0, 0.1) is 0 Å². The van der Waals surface area contributed by atoms with Crippen LogP contribution < -0.4 is 0 Å². The summed E-state index contributed by atoms with van der Waals surface area (Å²) in [6, 6.07) is 9.27. The highest BCUT2D eigenvalue weighted by Gasteiger charge is 2.36. The third-order valence-electron chi connectivity index (χ3n) is 7.22. The van der Waals surface area contributed by atoms with Gasteiger partial charge >= 0.3 is 13.3 Å². The molecule has 1 aromatic rings. The molecule has 1 aromatic carbocycles. The average Bonchev–Trinajstić information content (AvgIpc) is 2.94. The predicted molar refractivity (Wildman–Crippen MR) is 169 cm³/mol. The maximum absolute atomic E-state index is 12.0. The zero-order chi connectivity index (χ0) is 29.5. The molecule has 0 heterocycles. The number of carbonyl (C=O) groups excluding carboxylic acids is 1. The maximum Gasteiger partial charge on any atom is 0.452 e. The molecule has 0 fully saturated rings. The molecule has 232 valence electrons. The lowest BCUT2D eigenvalue weighted by molar-refractivity contribution is -0.231. The van der Waals surface area contributed by atoms with E-state index in [0.717, 1.165) is 25.7 Å². The van der Waals surface area contributed by atoms with Gasteiger partial charge in [-0.1, -0.05) is 109 Å². The number of thioether (sulfide) groups is 1. The van der Waals surface area contributed by atoms with Crippen LogP contribution in [0.25, 0.3) is 0 Å². The maximum atomic E-state index is 12.0. The van der Waals surface area contributed by atoms with E-state index in [0.29, 0.717) is 18.8 Å². The Morgan fingerprint density at radius 2 is 1.55 bits per heavy atom. The summed E-state index contributed by atoms with van der Waals surface area (Å²) in [4.78, 5) is 30.3. The van der Waals surface area contributed by atoms with E-state index in [9.17, 15) is 14.3 Å². The minimum Gasteiger partial charge on any atom is -0.316 e. The van der Waals surface area contributed by atoms with Gasteiger partial charge in [0.25, 0.3) is 0 Å². The van der Waals surface area contributed by atoms with Gasteiger partial charge in [0.15, 0.2) is 0 Å².